The van der Waals surface area contributed by atoms with E-state index in [1.165, 1.54) is 19.2 Å². The number of carbonyl (C=O) groups excluding carboxylic acids is 1. The average molecular weight is 376 g/mol. The van der Waals surface area contributed by atoms with E-state index in [1.807, 2.05) is 32.9 Å². The van der Waals surface area contributed by atoms with Gasteiger partial charge in [0, 0.05) is 5.69 Å². The fraction of sp³-hybridized carbons (Fsp3) is 0.316. The quantitative estimate of drug-likeness (QED) is 0.812. The van der Waals surface area contributed by atoms with Gasteiger partial charge in [0.25, 0.3) is 0 Å². The SMILES string of the molecule is COc1ccc(S(=O)(=O)NCC(=O)Nc2c(C)cc(C)cc2C)cc1C. The average Bonchev–Trinajstić information content (AvgIpc) is 2.56. The molecule has 7 heteroatoms. The Balaban J connectivity index is 2.08. The van der Waals surface area contributed by atoms with Crippen molar-refractivity contribution < 1.29 is 17.9 Å². The van der Waals surface area contributed by atoms with Gasteiger partial charge in [-0.2, -0.15) is 0 Å². The lowest BCUT2D eigenvalue weighted by molar-refractivity contribution is -0.115. The number of hydrogen-bond acceptors (Lipinski definition) is 4. The Labute approximate surface area is 154 Å². The summed E-state index contributed by atoms with van der Waals surface area (Å²) in [7, 11) is -2.27. The Hall–Kier alpha value is -2.38. The second kappa shape index (κ2) is 7.88. The topological polar surface area (TPSA) is 84.5 Å². The summed E-state index contributed by atoms with van der Waals surface area (Å²) in [5, 5.41) is 2.77. The van der Waals surface area contributed by atoms with Crippen LogP contribution in [0.1, 0.15) is 22.3 Å². The number of amides is 1. The molecule has 0 aromatic heterocycles. The van der Waals surface area contributed by atoms with Crippen LogP contribution < -0.4 is 14.8 Å². The molecule has 0 bridgehead atoms. The highest BCUT2D eigenvalue weighted by atomic mass is 32.2. The van der Waals surface area contributed by atoms with Crippen molar-refractivity contribution >= 4 is 21.6 Å². The fourth-order valence-corrected chi connectivity index (χ4v) is 3.89. The third kappa shape index (κ3) is 4.62. The highest BCUT2D eigenvalue weighted by molar-refractivity contribution is 7.89. The lowest BCUT2D eigenvalue weighted by Gasteiger charge is -2.13. The third-order valence-corrected chi connectivity index (χ3v) is 5.44. The maximum atomic E-state index is 12.4. The molecule has 0 aliphatic rings. The molecule has 26 heavy (non-hydrogen) atoms. The van der Waals surface area contributed by atoms with Gasteiger partial charge in [0.15, 0.2) is 0 Å². The van der Waals surface area contributed by atoms with Crippen molar-refractivity contribution in [3.05, 3.63) is 52.6 Å². The molecule has 0 fully saturated rings. The van der Waals surface area contributed by atoms with Crippen molar-refractivity contribution in [2.75, 3.05) is 19.0 Å². The molecule has 1 amide bonds. The van der Waals surface area contributed by atoms with Crippen LogP contribution in [0.25, 0.3) is 0 Å². The van der Waals surface area contributed by atoms with Crippen molar-refractivity contribution in [2.24, 2.45) is 0 Å². The predicted octanol–water partition coefficient (Wildman–Crippen LogP) is 2.85. The Bertz CT molecular complexity index is 914. The first-order valence-electron chi connectivity index (χ1n) is 8.16. The number of anilines is 1. The van der Waals surface area contributed by atoms with E-state index in [1.54, 1.807) is 13.0 Å². The van der Waals surface area contributed by atoms with Crippen molar-refractivity contribution in [3.8, 4) is 5.75 Å². The first-order chi connectivity index (χ1) is 12.1. The molecule has 2 aromatic rings. The molecule has 0 heterocycles. The van der Waals surface area contributed by atoms with Gasteiger partial charge >= 0.3 is 0 Å². The number of benzene rings is 2. The Kier molecular flexibility index (Phi) is 6.05. The van der Waals surface area contributed by atoms with E-state index >= 15 is 0 Å². The van der Waals surface area contributed by atoms with Gasteiger partial charge in [0.05, 0.1) is 18.6 Å². The van der Waals surface area contributed by atoms with E-state index in [4.69, 9.17) is 4.74 Å². The number of hydrogen-bond donors (Lipinski definition) is 2. The number of aryl methyl sites for hydroxylation is 4. The Morgan fingerprint density at radius 2 is 1.62 bits per heavy atom. The number of ether oxygens (including phenoxy) is 1. The summed E-state index contributed by atoms with van der Waals surface area (Å²) in [5.74, 6) is 0.181. The molecule has 0 atom stereocenters. The number of carbonyl (C=O) groups is 1. The number of sulfonamides is 1. The monoisotopic (exact) mass is 376 g/mol. The standard InChI is InChI=1S/C19H24N2O4S/c1-12-8-14(3)19(15(4)9-12)21-18(22)11-20-26(23,24)16-6-7-17(25-5)13(2)10-16/h6-10,20H,11H2,1-5H3,(H,21,22). The molecule has 0 spiro atoms. The summed E-state index contributed by atoms with van der Waals surface area (Å²) in [6.45, 7) is 7.20. The minimum atomic E-state index is -3.79. The largest absolute Gasteiger partial charge is 0.496 e. The van der Waals surface area contributed by atoms with Crippen LogP contribution in [0, 0.1) is 27.7 Å². The van der Waals surface area contributed by atoms with Crippen molar-refractivity contribution in [1.29, 1.82) is 0 Å². The van der Waals surface area contributed by atoms with E-state index in [-0.39, 0.29) is 11.4 Å². The van der Waals surface area contributed by atoms with Crippen molar-refractivity contribution in [3.63, 3.8) is 0 Å². The van der Waals surface area contributed by atoms with Gasteiger partial charge < -0.3 is 10.1 Å². The van der Waals surface area contributed by atoms with Crippen molar-refractivity contribution in [1.82, 2.24) is 4.72 Å². The second-order valence-electron chi connectivity index (χ2n) is 6.28. The molecule has 0 saturated heterocycles. The van der Waals surface area contributed by atoms with Gasteiger partial charge in [-0.3, -0.25) is 4.79 Å². The van der Waals surface area contributed by atoms with Crippen LogP contribution in [-0.2, 0) is 14.8 Å². The fourth-order valence-electron chi connectivity index (χ4n) is 2.82. The van der Waals surface area contributed by atoms with Gasteiger partial charge in [-0.05, 0) is 62.6 Å². The first kappa shape index (κ1) is 19.9. The predicted molar refractivity (Wildman–Crippen MR) is 102 cm³/mol. The Morgan fingerprint density at radius 1 is 1.00 bits per heavy atom. The molecule has 2 N–H and O–H groups in total. The van der Waals surface area contributed by atoms with E-state index in [0.717, 1.165) is 16.7 Å². The number of methoxy groups -OCH3 is 1. The van der Waals surface area contributed by atoms with Crippen LogP contribution in [0.3, 0.4) is 0 Å². The van der Waals surface area contributed by atoms with Gasteiger partial charge in [-0.1, -0.05) is 17.7 Å². The zero-order valence-electron chi connectivity index (χ0n) is 15.6. The van der Waals surface area contributed by atoms with Gasteiger partial charge in [-0.15, -0.1) is 0 Å². The Morgan fingerprint density at radius 3 is 2.15 bits per heavy atom. The zero-order valence-corrected chi connectivity index (χ0v) is 16.5. The van der Waals surface area contributed by atoms with E-state index in [2.05, 4.69) is 10.0 Å². The maximum Gasteiger partial charge on any atom is 0.241 e. The first-order valence-corrected chi connectivity index (χ1v) is 9.64. The highest BCUT2D eigenvalue weighted by Gasteiger charge is 2.17. The number of rotatable bonds is 6. The third-order valence-electron chi connectivity index (χ3n) is 4.04. The molecule has 0 unspecified atom stereocenters. The summed E-state index contributed by atoms with van der Waals surface area (Å²) in [6, 6.07) is 8.47. The second-order valence-corrected chi connectivity index (χ2v) is 8.04. The van der Waals surface area contributed by atoms with Crippen LogP contribution in [0.4, 0.5) is 5.69 Å². The molecule has 2 aromatic carbocycles. The van der Waals surface area contributed by atoms with E-state index < -0.39 is 15.9 Å². The summed E-state index contributed by atoms with van der Waals surface area (Å²) in [4.78, 5) is 12.3. The minimum absolute atomic E-state index is 0.0892. The van der Waals surface area contributed by atoms with Gasteiger partial charge in [0.1, 0.15) is 5.75 Å². The van der Waals surface area contributed by atoms with Gasteiger partial charge in [-0.25, -0.2) is 13.1 Å². The summed E-state index contributed by atoms with van der Waals surface area (Å²) >= 11 is 0. The van der Waals surface area contributed by atoms with Crippen LogP contribution in [0.5, 0.6) is 5.75 Å². The van der Waals surface area contributed by atoms with Crippen molar-refractivity contribution in [2.45, 2.75) is 32.6 Å². The molecule has 6 nitrogen and oxygen atoms in total. The smallest absolute Gasteiger partial charge is 0.241 e. The van der Waals surface area contributed by atoms with E-state index in [0.29, 0.717) is 17.0 Å². The summed E-state index contributed by atoms with van der Waals surface area (Å²) in [6.07, 6.45) is 0. The van der Waals surface area contributed by atoms with Crippen LogP contribution in [0.2, 0.25) is 0 Å². The molecule has 140 valence electrons. The molecular formula is C19H24N2O4S. The van der Waals surface area contributed by atoms with Gasteiger partial charge in [0.2, 0.25) is 15.9 Å². The molecule has 0 saturated carbocycles. The summed E-state index contributed by atoms with van der Waals surface area (Å²) < 4.78 is 32.2. The number of nitrogens with one attached hydrogen (secondary N) is 2. The van der Waals surface area contributed by atoms with E-state index in [9.17, 15) is 13.2 Å². The highest BCUT2D eigenvalue weighted by Crippen LogP contribution is 2.22. The van der Waals surface area contributed by atoms with Crippen LogP contribution >= 0.6 is 0 Å². The summed E-state index contributed by atoms with van der Waals surface area (Å²) in [5.41, 5.74) is 4.38. The minimum Gasteiger partial charge on any atom is -0.496 e. The lowest BCUT2D eigenvalue weighted by atomic mass is 10.1. The van der Waals surface area contributed by atoms with Crippen LogP contribution in [-0.4, -0.2) is 28.0 Å². The lowest BCUT2D eigenvalue weighted by Crippen LogP contribution is -2.33. The molecule has 0 aliphatic carbocycles. The molecular weight excluding hydrogens is 352 g/mol. The maximum absolute atomic E-state index is 12.4. The van der Waals surface area contributed by atoms with Crippen LogP contribution in [0.15, 0.2) is 35.2 Å². The molecule has 0 radical (unpaired) electrons. The normalized spacial score (nSPS) is 11.3. The zero-order chi connectivity index (χ0) is 19.5. The molecule has 2 rings (SSSR count). The molecule has 0 aliphatic heterocycles.